The van der Waals surface area contributed by atoms with Crippen LogP contribution in [-0.4, -0.2) is 32.9 Å². The van der Waals surface area contributed by atoms with E-state index < -0.39 is 35.3 Å². The zero-order chi connectivity index (χ0) is 27.1. The van der Waals surface area contributed by atoms with Crippen molar-refractivity contribution in [3.05, 3.63) is 65.1 Å². The molecule has 2 amide bonds. The molecule has 37 heavy (non-hydrogen) atoms. The van der Waals surface area contributed by atoms with Gasteiger partial charge in [0.15, 0.2) is 0 Å². The van der Waals surface area contributed by atoms with Gasteiger partial charge in [0.1, 0.15) is 28.6 Å². The number of nitrogens with zero attached hydrogens (tertiary/aromatic N) is 2. The molecule has 13 heteroatoms. The van der Waals surface area contributed by atoms with Gasteiger partial charge in [-0.1, -0.05) is 12.1 Å². The minimum absolute atomic E-state index is 0.0700. The van der Waals surface area contributed by atoms with E-state index in [0.29, 0.717) is 28.1 Å². The molecule has 0 radical (unpaired) electrons. The number of fused-ring (bicyclic) bond motifs is 1. The second kappa shape index (κ2) is 9.48. The van der Waals surface area contributed by atoms with Crippen LogP contribution in [0.1, 0.15) is 46.2 Å². The lowest BCUT2D eigenvalue weighted by Gasteiger charge is -2.14. The summed E-state index contributed by atoms with van der Waals surface area (Å²) in [6, 6.07) is 7.04. The molecule has 4 aromatic rings. The van der Waals surface area contributed by atoms with Crippen molar-refractivity contribution in [2.75, 3.05) is 5.73 Å². The van der Waals surface area contributed by atoms with E-state index in [2.05, 4.69) is 20.1 Å². The molecule has 0 bridgehead atoms. The van der Waals surface area contributed by atoms with E-state index in [9.17, 15) is 27.2 Å². The summed E-state index contributed by atoms with van der Waals surface area (Å²) in [6.45, 7) is 3.57. The monoisotopic (exact) mass is 518 g/mol. The summed E-state index contributed by atoms with van der Waals surface area (Å²) in [7, 11) is 0. The van der Waals surface area contributed by atoms with E-state index in [4.69, 9.17) is 11.5 Å². The zero-order valence-electron chi connectivity index (χ0n) is 19.6. The quantitative estimate of drug-likeness (QED) is 0.271. The molecular formula is C24H22F4N6O3. The number of nitrogens with one attached hydrogen (secondary N) is 2. The smallest absolute Gasteiger partial charge is 0.405 e. The average Bonchev–Trinajstić information content (AvgIpc) is 3.42. The largest absolute Gasteiger partial charge is 0.573 e. The van der Waals surface area contributed by atoms with E-state index >= 15 is 0 Å². The number of aromatic amines is 1. The van der Waals surface area contributed by atoms with Crippen LogP contribution < -0.4 is 21.5 Å². The van der Waals surface area contributed by atoms with Gasteiger partial charge in [-0.25, -0.2) is 9.07 Å². The zero-order valence-corrected chi connectivity index (χ0v) is 19.6. The molecule has 0 saturated heterocycles. The van der Waals surface area contributed by atoms with Crippen LogP contribution in [-0.2, 0) is 6.54 Å². The maximum absolute atomic E-state index is 13.7. The maximum atomic E-state index is 13.7. The van der Waals surface area contributed by atoms with E-state index in [1.54, 1.807) is 24.4 Å². The molecule has 0 atom stereocenters. The van der Waals surface area contributed by atoms with Crippen LogP contribution in [0.3, 0.4) is 0 Å². The van der Waals surface area contributed by atoms with Gasteiger partial charge < -0.3 is 26.5 Å². The molecule has 0 aliphatic rings. The number of hydrogen-bond acceptors (Lipinski definition) is 5. The summed E-state index contributed by atoms with van der Waals surface area (Å²) in [5.41, 5.74) is 13.1. The van der Waals surface area contributed by atoms with Crippen LogP contribution >= 0.6 is 0 Å². The number of ether oxygens (including phenoxy) is 1. The number of H-pyrrole nitrogens is 1. The van der Waals surface area contributed by atoms with Gasteiger partial charge in [-0.15, -0.1) is 13.2 Å². The van der Waals surface area contributed by atoms with Gasteiger partial charge in [0.05, 0.1) is 11.1 Å². The summed E-state index contributed by atoms with van der Waals surface area (Å²) in [6.07, 6.45) is -3.43. The highest BCUT2D eigenvalue weighted by Crippen LogP contribution is 2.35. The number of hydrogen-bond donors (Lipinski definition) is 4. The number of alkyl halides is 3. The topological polar surface area (TPSA) is 141 Å². The number of carbonyl (C=O) groups excluding carboxylic acids is 2. The molecule has 4 rings (SSSR count). The molecule has 2 aromatic heterocycles. The Morgan fingerprint density at radius 2 is 1.92 bits per heavy atom. The summed E-state index contributed by atoms with van der Waals surface area (Å²) < 4.78 is 57.1. The number of benzene rings is 2. The van der Waals surface area contributed by atoms with Crippen LogP contribution in [0.4, 0.5) is 23.4 Å². The third kappa shape index (κ3) is 5.06. The Labute approximate surface area is 207 Å². The predicted molar refractivity (Wildman–Crippen MR) is 127 cm³/mol. The molecule has 0 fully saturated rings. The fourth-order valence-corrected chi connectivity index (χ4v) is 4.01. The fourth-order valence-electron chi connectivity index (χ4n) is 4.01. The second-order valence-corrected chi connectivity index (χ2v) is 8.42. The maximum Gasteiger partial charge on any atom is 0.573 e. The number of nitrogens with two attached hydrogens (primary N) is 2. The minimum Gasteiger partial charge on any atom is -0.405 e. The molecule has 194 valence electrons. The van der Waals surface area contributed by atoms with Crippen LogP contribution in [0.2, 0.25) is 0 Å². The first kappa shape index (κ1) is 25.5. The Kier molecular flexibility index (Phi) is 6.55. The first-order valence-electron chi connectivity index (χ1n) is 11.0. The third-order valence-corrected chi connectivity index (χ3v) is 5.60. The van der Waals surface area contributed by atoms with Gasteiger partial charge in [-0.3, -0.25) is 9.59 Å². The lowest BCUT2D eigenvalue weighted by molar-refractivity contribution is -0.274. The van der Waals surface area contributed by atoms with Crippen LogP contribution in [0.25, 0.3) is 22.2 Å². The summed E-state index contributed by atoms with van der Waals surface area (Å²) in [5, 5.41) is 7.60. The Morgan fingerprint density at radius 1 is 1.19 bits per heavy atom. The molecule has 9 nitrogen and oxygen atoms in total. The molecule has 0 unspecified atom stereocenters. The van der Waals surface area contributed by atoms with Crippen molar-refractivity contribution in [2.45, 2.75) is 32.8 Å². The predicted octanol–water partition coefficient (Wildman–Crippen LogP) is 4.26. The number of aromatic nitrogens is 3. The third-order valence-electron chi connectivity index (χ3n) is 5.60. The Balaban J connectivity index is 1.67. The Bertz CT molecular complexity index is 1510. The summed E-state index contributed by atoms with van der Waals surface area (Å²) in [5.74, 6) is -3.32. The Hall–Kier alpha value is -4.55. The van der Waals surface area contributed by atoms with Crippen molar-refractivity contribution in [1.82, 2.24) is 20.1 Å². The van der Waals surface area contributed by atoms with E-state index in [1.807, 2.05) is 13.8 Å². The number of carbonyl (C=O) groups is 2. The number of amides is 2. The van der Waals surface area contributed by atoms with Crippen LogP contribution in [0, 0.1) is 5.82 Å². The number of halogens is 4. The lowest BCUT2D eigenvalue weighted by Crippen LogP contribution is -2.26. The first-order valence-corrected chi connectivity index (χ1v) is 11.0. The van der Waals surface area contributed by atoms with Gasteiger partial charge in [0.25, 0.3) is 11.8 Å². The molecule has 0 spiro atoms. The standard InChI is InChI=1S/C24H22F4N6O3/c1-11(2)34-21(29)18(22(30)35)20(33-34)14-5-3-12(19-15(14)7-8-31-19)10-32-23(36)16-9-13(25)4-6-17(16)37-24(26,27)28/h3-9,11,31H,10,29H2,1-2H3,(H2,30,35)(H,32,36). The summed E-state index contributed by atoms with van der Waals surface area (Å²) >= 11 is 0. The van der Waals surface area contributed by atoms with Crippen LogP contribution in [0.5, 0.6) is 5.75 Å². The van der Waals surface area contributed by atoms with Gasteiger partial charge in [0.2, 0.25) is 0 Å². The van der Waals surface area contributed by atoms with Crippen LogP contribution in [0.15, 0.2) is 42.6 Å². The van der Waals surface area contributed by atoms with Gasteiger partial charge in [-0.2, -0.15) is 5.10 Å². The van der Waals surface area contributed by atoms with Crippen molar-refractivity contribution in [2.24, 2.45) is 5.73 Å². The second-order valence-electron chi connectivity index (χ2n) is 8.42. The molecule has 0 aliphatic heterocycles. The molecular weight excluding hydrogens is 496 g/mol. The number of primary amides is 1. The van der Waals surface area contributed by atoms with E-state index in [-0.39, 0.29) is 29.7 Å². The molecule has 2 aromatic carbocycles. The normalized spacial score (nSPS) is 11.8. The minimum atomic E-state index is -5.06. The highest BCUT2D eigenvalue weighted by molar-refractivity contribution is 6.07. The van der Waals surface area contributed by atoms with Gasteiger partial charge in [0, 0.05) is 29.7 Å². The molecule has 2 heterocycles. The van der Waals surface area contributed by atoms with Crippen molar-refractivity contribution in [3.8, 4) is 17.0 Å². The molecule has 0 saturated carbocycles. The summed E-state index contributed by atoms with van der Waals surface area (Å²) in [4.78, 5) is 27.9. The Morgan fingerprint density at radius 3 is 2.57 bits per heavy atom. The van der Waals surface area contributed by atoms with Crippen molar-refractivity contribution in [1.29, 1.82) is 0 Å². The van der Waals surface area contributed by atoms with E-state index in [1.165, 1.54) is 4.68 Å². The SMILES string of the molecule is CC(C)n1nc(-c2ccc(CNC(=O)c3cc(F)ccc3OC(F)(F)F)c3[nH]ccc23)c(C(N)=O)c1N. The molecule has 0 aliphatic carbocycles. The van der Waals surface area contributed by atoms with Gasteiger partial charge in [-0.05, 0) is 43.7 Å². The fraction of sp³-hybridized carbons (Fsp3) is 0.208. The molecule has 6 N–H and O–H groups in total. The average molecular weight is 518 g/mol. The number of nitrogen functional groups attached to an aromatic ring is 1. The van der Waals surface area contributed by atoms with Gasteiger partial charge >= 0.3 is 6.36 Å². The van der Waals surface area contributed by atoms with E-state index in [0.717, 1.165) is 12.1 Å². The van der Waals surface area contributed by atoms with Crippen molar-refractivity contribution >= 4 is 28.5 Å². The highest BCUT2D eigenvalue weighted by Gasteiger charge is 2.33. The van der Waals surface area contributed by atoms with Crippen molar-refractivity contribution in [3.63, 3.8) is 0 Å². The lowest BCUT2D eigenvalue weighted by atomic mass is 10.00. The first-order chi connectivity index (χ1) is 17.4. The number of anilines is 1. The number of rotatable bonds is 7. The van der Waals surface area contributed by atoms with Crippen molar-refractivity contribution < 1.29 is 31.9 Å². The highest BCUT2D eigenvalue weighted by atomic mass is 19.4.